The first-order chi connectivity index (χ1) is 6.12. The van der Waals surface area contributed by atoms with Crippen molar-refractivity contribution < 1.29 is 4.74 Å². The van der Waals surface area contributed by atoms with Crippen molar-refractivity contribution in [1.29, 1.82) is 0 Å². The summed E-state index contributed by atoms with van der Waals surface area (Å²) in [4.78, 5) is 0. The average Bonchev–Trinajstić information content (AvgIpc) is 2.85. The van der Waals surface area contributed by atoms with Crippen LogP contribution in [-0.4, -0.2) is 19.9 Å². The van der Waals surface area contributed by atoms with Crippen molar-refractivity contribution in [2.45, 2.75) is 31.8 Å². The van der Waals surface area contributed by atoms with Crippen molar-refractivity contribution >= 4 is 13.3 Å². The molecular formula is C11H16OSi. The standard InChI is InChI=1S/C11H16OSi/c1-9-11(12-9)13(2,3)10-7-5-4-6-8-10/h4-9,11H,1-3H3/t9-,11-/m0/s1. The monoisotopic (exact) mass is 192 g/mol. The Morgan fingerprint density at radius 2 is 1.69 bits per heavy atom. The summed E-state index contributed by atoms with van der Waals surface area (Å²) in [6.45, 7) is 6.94. The first-order valence-corrected chi connectivity index (χ1v) is 7.91. The molecule has 1 aromatic carbocycles. The lowest BCUT2D eigenvalue weighted by atomic mass is 10.4. The van der Waals surface area contributed by atoms with Gasteiger partial charge in [-0.15, -0.1) is 0 Å². The van der Waals surface area contributed by atoms with E-state index in [9.17, 15) is 0 Å². The molecule has 1 heterocycles. The van der Waals surface area contributed by atoms with Gasteiger partial charge < -0.3 is 4.74 Å². The molecule has 1 nitrogen and oxygen atoms in total. The van der Waals surface area contributed by atoms with Crippen LogP contribution in [0.4, 0.5) is 0 Å². The highest BCUT2D eigenvalue weighted by molar-refractivity contribution is 6.91. The minimum Gasteiger partial charge on any atom is -0.373 e. The van der Waals surface area contributed by atoms with E-state index in [1.165, 1.54) is 5.19 Å². The fraction of sp³-hybridized carbons (Fsp3) is 0.455. The zero-order valence-electron chi connectivity index (χ0n) is 8.45. The van der Waals surface area contributed by atoms with Gasteiger partial charge >= 0.3 is 0 Å². The Morgan fingerprint density at radius 3 is 2.15 bits per heavy atom. The predicted molar refractivity (Wildman–Crippen MR) is 57.9 cm³/mol. The van der Waals surface area contributed by atoms with Crippen molar-refractivity contribution in [3.8, 4) is 0 Å². The quantitative estimate of drug-likeness (QED) is 0.515. The van der Waals surface area contributed by atoms with Crippen LogP contribution in [0.15, 0.2) is 30.3 Å². The SMILES string of the molecule is C[C@@H]1O[C@H]1[Si](C)(C)c1ccccc1. The van der Waals surface area contributed by atoms with Crippen molar-refractivity contribution in [1.82, 2.24) is 0 Å². The number of epoxide rings is 1. The van der Waals surface area contributed by atoms with Gasteiger partial charge in [-0.2, -0.15) is 0 Å². The van der Waals surface area contributed by atoms with Crippen molar-refractivity contribution in [3.63, 3.8) is 0 Å². The van der Waals surface area contributed by atoms with Crippen LogP contribution >= 0.6 is 0 Å². The largest absolute Gasteiger partial charge is 0.373 e. The molecule has 70 valence electrons. The second-order valence-electron chi connectivity index (χ2n) is 4.35. The maximum Gasteiger partial charge on any atom is 0.116 e. The number of rotatable bonds is 2. The molecule has 0 amide bonds. The van der Waals surface area contributed by atoms with Gasteiger partial charge in [-0.25, -0.2) is 0 Å². The summed E-state index contributed by atoms with van der Waals surface area (Å²) < 4.78 is 5.60. The zero-order chi connectivity index (χ0) is 9.47. The second-order valence-corrected chi connectivity index (χ2v) is 8.94. The number of ether oxygens (including phenoxy) is 1. The highest BCUT2D eigenvalue weighted by atomic mass is 28.3. The minimum atomic E-state index is -1.33. The Morgan fingerprint density at radius 1 is 1.15 bits per heavy atom. The van der Waals surface area contributed by atoms with Gasteiger partial charge in [0.2, 0.25) is 0 Å². The van der Waals surface area contributed by atoms with E-state index in [-0.39, 0.29) is 0 Å². The summed E-state index contributed by atoms with van der Waals surface area (Å²) in [6, 6.07) is 10.8. The topological polar surface area (TPSA) is 12.5 Å². The van der Waals surface area contributed by atoms with Crippen LogP contribution in [-0.2, 0) is 4.74 Å². The molecule has 1 aliphatic rings. The normalized spacial score (nSPS) is 27.3. The zero-order valence-corrected chi connectivity index (χ0v) is 9.45. The van der Waals surface area contributed by atoms with Crippen LogP contribution in [0.2, 0.25) is 13.1 Å². The summed E-state index contributed by atoms with van der Waals surface area (Å²) in [7, 11) is -1.33. The Kier molecular flexibility index (Phi) is 2.04. The average molecular weight is 192 g/mol. The Hall–Kier alpha value is -0.603. The molecule has 0 saturated carbocycles. The summed E-state index contributed by atoms with van der Waals surface area (Å²) in [5, 5.41) is 1.50. The van der Waals surface area contributed by atoms with Crippen LogP contribution < -0.4 is 5.19 Å². The Bertz CT molecular complexity index is 294. The van der Waals surface area contributed by atoms with E-state index in [0.29, 0.717) is 11.8 Å². The molecule has 1 aromatic rings. The van der Waals surface area contributed by atoms with Crippen LogP contribution in [0.25, 0.3) is 0 Å². The van der Waals surface area contributed by atoms with E-state index >= 15 is 0 Å². The van der Waals surface area contributed by atoms with Crippen LogP contribution in [0.5, 0.6) is 0 Å². The summed E-state index contributed by atoms with van der Waals surface area (Å²) in [5.74, 6) is 0. The maximum atomic E-state index is 5.60. The third-order valence-electron chi connectivity index (χ3n) is 2.94. The van der Waals surface area contributed by atoms with E-state index in [1.807, 2.05) is 0 Å². The predicted octanol–water partition coefficient (Wildman–Crippen LogP) is 1.93. The van der Waals surface area contributed by atoms with Crippen LogP contribution in [0.3, 0.4) is 0 Å². The van der Waals surface area contributed by atoms with Gasteiger partial charge in [0.15, 0.2) is 0 Å². The molecule has 1 fully saturated rings. The number of benzene rings is 1. The molecular weight excluding hydrogens is 176 g/mol. The molecule has 0 unspecified atom stereocenters. The van der Waals surface area contributed by atoms with Gasteiger partial charge in [-0.1, -0.05) is 48.6 Å². The molecule has 0 radical (unpaired) electrons. The van der Waals surface area contributed by atoms with Gasteiger partial charge in [0.05, 0.1) is 11.8 Å². The summed E-state index contributed by atoms with van der Waals surface area (Å²) >= 11 is 0. The van der Waals surface area contributed by atoms with E-state index in [4.69, 9.17) is 4.74 Å². The van der Waals surface area contributed by atoms with E-state index in [1.54, 1.807) is 0 Å². The van der Waals surface area contributed by atoms with Gasteiger partial charge in [-0.3, -0.25) is 0 Å². The van der Waals surface area contributed by atoms with E-state index in [2.05, 4.69) is 50.3 Å². The third-order valence-corrected chi connectivity index (χ3v) is 6.79. The van der Waals surface area contributed by atoms with E-state index in [0.717, 1.165) is 0 Å². The van der Waals surface area contributed by atoms with E-state index < -0.39 is 8.07 Å². The highest BCUT2D eigenvalue weighted by Crippen LogP contribution is 2.30. The lowest BCUT2D eigenvalue weighted by Gasteiger charge is -2.20. The molecule has 2 atom stereocenters. The van der Waals surface area contributed by atoms with Crippen LogP contribution in [0.1, 0.15) is 6.92 Å². The number of hydrogen-bond donors (Lipinski definition) is 0. The molecule has 0 bridgehead atoms. The molecule has 2 rings (SSSR count). The molecule has 13 heavy (non-hydrogen) atoms. The molecule has 0 N–H and O–H groups in total. The Balaban J connectivity index is 2.25. The van der Waals surface area contributed by atoms with Crippen LogP contribution in [0, 0.1) is 0 Å². The lowest BCUT2D eigenvalue weighted by molar-refractivity contribution is 0.407. The number of hydrogen-bond acceptors (Lipinski definition) is 1. The molecule has 0 spiro atoms. The fourth-order valence-corrected chi connectivity index (χ4v) is 5.08. The van der Waals surface area contributed by atoms with Gasteiger partial charge in [0, 0.05) is 0 Å². The summed E-state index contributed by atoms with van der Waals surface area (Å²) in [5.41, 5.74) is 0.537. The second kappa shape index (κ2) is 2.96. The first kappa shape index (κ1) is 8.97. The van der Waals surface area contributed by atoms with Crippen molar-refractivity contribution in [2.75, 3.05) is 0 Å². The first-order valence-electron chi connectivity index (χ1n) is 4.83. The smallest absolute Gasteiger partial charge is 0.116 e. The molecule has 2 heteroatoms. The van der Waals surface area contributed by atoms with Crippen molar-refractivity contribution in [3.05, 3.63) is 30.3 Å². The van der Waals surface area contributed by atoms with Crippen molar-refractivity contribution in [2.24, 2.45) is 0 Å². The van der Waals surface area contributed by atoms with Gasteiger partial charge in [-0.05, 0) is 6.92 Å². The molecule has 0 aliphatic carbocycles. The fourth-order valence-electron chi connectivity index (χ4n) is 1.97. The molecule has 1 aliphatic heterocycles. The minimum absolute atomic E-state index is 0.488. The molecule has 1 saturated heterocycles. The molecule has 0 aromatic heterocycles. The summed E-state index contributed by atoms with van der Waals surface area (Å²) in [6.07, 6.45) is 0.488. The van der Waals surface area contributed by atoms with Gasteiger partial charge in [0.1, 0.15) is 8.07 Å². The third kappa shape index (κ3) is 1.56. The van der Waals surface area contributed by atoms with Gasteiger partial charge in [0.25, 0.3) is 0 Å². The Labute approximate surface area is 80.7 Å². The highest BCUT2D eigenvalue weighted by Gasteiger charge is 2.48. The lowest BCUT2D eigenvalue weighted by Crippen LogP contribution is -2.47. The maximum absolute atomic E-state index is 5.60.